The van der Waals surface area contributed by atoms with Crippen LogP contribution in [0.5, 0.6) is 0 Å². The second-order valence-corrected chi connectivity index (χ2v) is 12.1. The molecule has 1 unspecified atom stereocenters. The molecule has 0 spiro atoms. The quantitative estimate of drug-likeness (QED) is 0.0887. The number of benzene rings is 2. The number of unbranched alkanes of at least 4 members (excludes halogenated alkanes) is 2. The van der Waals surface area contributed by atoms with Crippen LogP contribution < -0.4 is 5.32 Å². The van der Waals surface area contributed by atoms with Crippen molar-refractivity contribution in [3.05, 3.63) is 67.6 Å². The Labute approximate surface area is 267 Å². The number of hydrogen-bond donors (Lipinski definition) is 1. The zero-order valence-electron chi connectivity index (χ0n) is 23.6. The van der Waals surface area contributed by atoms with Crippen LogP contribution in [0.25, 0.3) is 0 Å². The Balaban J connectivity index is 1.72. The molecule has 0 radical (unpaired) electrons. The van der Waals surface area contributed by atoms with Crippen molar-refractivity contribution in [3.8, 4) is 0 Å². The molecule has 1 aliphatic rings. The number of amides is 1. The van der Waals surface area contributed by atoms with Gasteiger partial charge in [-0.2, -0.15) is 0 Å². The van der Waals surface area contributed by atoms with Crippen LogP contribution in [0.4, 0.5) is 4.39 Å². The van der Waals surface area contributed by atoms with Crippen LogP contribution >= 0.6 is 46.4 Å². The summed E-state index contributed by atoms with van der Waals surface area (Å²) in [5.74, 6) is -0.640. The standard InChI is InChI=1S/C30H37Cl4FN4O3/c1-38(30(41)22-15-23(31)18-24(32)16-22)19-29(37-42-20-35)26(21-5-6-27(33)28(34)17-21)9-13-39-11-7-25(8-12-39)36-10-3-2-4-14-40/h5-6,14-18,25-26,36H,2-4,7-13,19-20H2,1H3/b37-29+. The molecule has 1 atom stereocenters. The van der Waals surface area contributed by atoms with Crippen molar-refractivity contribution in [1.29, 1.82) is 0 Å². The van der Waals surface area contributed by atoms with Gasteiger partial charge in [0.15, 0.2) is 0 Å². The van der Waals surface area contributed by atoms with Crippen molar-refractivity contribution in [2.24, 2.45) is 5.16 Å². The van der Waals surface area contributed by atoms with Gasteiger partial charge in [-0.15, -0.1) is 0 Å². The van der Waals surface area contributed by atoms with Gasteiger partial charge in [0, 0.05) is 41.0 Å². The molecule has 0 saturated carbocycles. The van der Waals surface area contributed by atoms with E-state index in [-0.39, 0.29) is 18.4 Å². The van der Waals surface area contributed by atoms with Crippen LogP contribution in [-0.2, 0) is 9.63 Å². The molecular formula is C30H37Cl4FN4O3. The van der Waals surface area contributed by atoms with Crippen molar-refractivity contribution >= 4 is 64.3 Å². The Hall–Kier alpha value is -1.94. The average Bonchev–Trinajstić information content (AvgIpc) is 2.97. The van der Waals surface area contributed by atoms with E-state index in [1.807, 2.05) is 6.07 Å². The van der Waals surface area contributed by atoms with Crippen molar-refractivity contribution in [2.75, 3.05) is 46.6 Å². The second kappa shape index (κ2) is 18.0. The van der Waals surface area contributed by atoms with E-state index >= 15 is 0 Å². The average molecular weight is 662 g/mol. The van der Waals surface area contributed by atoms with E-state index in [4.69, 9.17) is 51.2 Å². The maximum Gasteiger partial charge on any atom is 0.255 e. The number of carbonyl (C=O) groups is 2. The summed E-state index contributed by atoms with van der Waals surface area (Å²) in [6, 6.07) is 10.5. The number of likely N-dealkylation sites (tertiary alicyclic amines) is 1. The summed E-state index contributed by atoms with van der Waals surface area (Å²) in [5, 5.41) is 9.23. The zero-order valence-corrected chi connectivity index (χ0v) is 26.7. The van der Waals surface area contributed by atoms with E-state index in [0.29, 0.717) is 50.2 Å². The van der Waals surface area contributed by atoms with Gasteiger partial charge in [0.05, 0.1) is 22.3 Å². The highest BCUT2D eigenvalue weighted by Crippen LogP contribution is 2.30. The van der Waals surface area contributed by atoms with Crippen molar-refractivity contribution in [2.45, 2.75) is 50.5 Å². The summed E-state index contributed by atoms with van der Waals surface area (Å²) in [4.78, 5) is 32.5. The molecule has 42 heavy (non-hydrogen) atoms. The van der Waals surface area contributed by atoms with Crippen molar-refractivity contribution < 1.29 is 18.8 Å². The number of aldehydes is 1. The summed E-state index contributed by atoms with van der Waals surface area (Å²) >= 11 is 24.8. The van der Waals surface area contributed by atoms with E-state index in [1.165, 1.54) is 4.90 Å². The molecule has 1 saturated heterocycles. The van der Waals surface area contributed by atoms with Gasteiger partial charge in [0.2, 0.25) is 0 Å². The lowest BCUT2D eigenvalue weighted by atomic mass is 9.89. The third-order valence-electron chi connectivity index (χ3n) is 7.34. The van der Waals surface area contributed by atoms with Gasteiger partial charge in [-0.05, 0) is 94.2 Å². The maximum atomic E-state index is 13.2. The predicted molar refractivity (Wildman–Crippen MR) is 169 cm³/mol. The molecule has 7 nitrogen and oxygen atoms in total. The van der Waals surface area contributed by atoms with E-state index < -0.39 is 6.86 Å². The Kier molecular flexibility index (Phi) is 14.8. The molecule has 1 N–H and O–H groups in total. The Morgan fingerprint density at radius 3 is 2.48 bits per heavy atom. The summed E-state index contributed by atoms with van der Waals surface area (Å²) in [7, 11) is 1.63. The zero-order chi connectivity index (χ0) is 30.5. The Morgan fingerprint density at radius 1 is 1.12 bits per heavy atom. The van der Waals surface area contributed by atoms with E-state index in [1.54, 1.807) is 37.4 Å². The number of nitrogens with one attached hydrogen (secondary N) is 1. The number of nitrogens with zero attached hydrogens (tertiary/aromatic N) is 3. The lowest BCUT2D eigenvalue weighted by Crippen LogP contribution is -2.43. The van der Waals surface area contributed by atoms with Gasteiger partial charge in [0.25, 0.3) is 12.8 Å². The molecule has 2 aromatic rings. The highest BCUT2D eigenvalue weighted by Gasteiger charge is 2.26. The first-order valence-electron chi connectivity index (χ1n) is 14.0. The maximum absolute atomic E-state index is 13.2. The third-order valence-corrected chi connectivity index (χ3v) is 8.51. The van der Waals surface area contributed by atoms with Gasteiger partial charge < -0.3 is 24.7 Å². The SMILES string of the molecule is CN(C/C(=N\OCF)C(CCN1CCC(NCCCCC=O)CC1)c1ccc(Cl)c(Cl)c1)C(=O)c1cc(Cl)cc(Cl)c1. The molecule has 1 aliphatic heterocycles. The number of oxime groups is 1. The van der Waals surface area contributed by atoms with Gasteiger partial charge in [-0.1, -0.05) is 57.6 Å². The first-order valence-corrected chi connectivity index (χ1v) is 15.5. The lowest BCUT2D eigenvalue weighted by Gasteiger charge is -2.34. The van der Waals surface area contributed by atoms with Crippen LogP contribution in [0.3, 0.4) is 0 Å². The summed E-state index contributed by atoms with van der Waals surface area (Å²) < 4.78 is 13.1. The van der Waals surface area contributed by atoms with E-state index in [9.17, 15) is 14.0 Å². The first kappa shape index (κ1) is 34.5. The number of piperidine rings is 1. The van der Waals surface area contributed by atoms with Crippen LogP contribution in [0.2, 0.25) is 20.1 Å². The van der Waals surface area contributed by atoms with Gasteiger partial charge in [0.1, 0.15) is 6.29 Å². The molecule has 2 aromatic carbocycles. The largest absolute Gasteiger partial charge is 0.362 e. The highest BCUT2D eigenvalue weighted by atomic mass is 35.5. The minimum absolute atomic E-state index is 0.0734. The molecule has 0 bridgehead atoms. The Morgan fingerprint density at radius 2 is 1.83 bits per heavy atom. The fraction of sp³-hybridized carbons (Fsp3) is 0.500. The smallest absolute Gasteiger partial charge is 0.255 e. The van der Waals surface area contributed by atoms with Gasteiger partial charge >= 0.3 is 0 Å². The highest BCUT2D eigenvalue weighted by molar-refractivity contribution is 6.42. The summed E-state index contributed by atoms with van der Waals surface area (Å²) in [5.41, 5.74) is 1.64. The van der Waals surface area contributed by atoms with Crippen LogP contribution in [0.15, 0.2) is 41.6 Å². The molecular weight excluding hydrogens is 625 g/mol. The molecule has 12 heteroatoms. The third kappa shape index (κ3) is 11.0. The number of hydrogen-bond acceptors (Lipinski definition) is 6. The molecule has 1 amide bonds. The molecule has 230 valence electrons. The van der Waals surface area contributed by atoms with Crippen molar-refractivity contribution in [1.82, 2.24) is 15.1 Å². The topological polar surface area (TPSA) is 74.2 Å². The molecule has 1 fully saturated rings. The predicted octanol–water partition coefficient (Wildman–Crippen LogP) is 7.27. The van der Waals surface area contributed by atoms with Crippen LogP contribution in [0.1, 0.15) is 60.4 Å². The number of halogens is 5. The monoisotopic (exact) mass is 660 g/mol. The van der Waals surface area contributed by atoms with Crippen molar-refractivity contribution in [3.63, 3.8) is 0 Å². The molecule has 1 heterocycles. The fourth-order valence-electron chi connectivity index (χ4n) is 5.11. The fourth-order valence-corrected chi connectivity index (χ4v) is 5.94. The first-order chi connectivity index (χ1) is 20.2. The molecule has 0 aliphatic carbocycles. The van der Waals surface area contributed by atoms with Crippen LogP contribution in [-0.4, -0.2) is 80.4 Å². The van der Waals surface area contributed by atoms with E-state index in [2.05, 4.69) is 15.4 Å². The number of alkyl halides is 1. The minimum atomic E-state index is -1.10. The summed E-state index contributed by atoms with van der Waals surface area (Å²) in [6.45, 7) is 2.51. The van der Waals surface area contributed by atoms with Crippen LogP contribution in [0, 0.1) is 0 Å². The Bertz CT molecular complexity index is 1190. The molecule has 3 rings (SSSR count). The van der Waals surface area contributed by atoms with E-state index in [0.717, 1.165) is 63.7 Å². The van der Waals surface area contributed by atoms with Gasteiger partial charge in [-0.3, -0.25) is 4.79 Å². The number of rotatable bonds is 16. The summed E-state index contributed by atoms with van der Waals surface area (Å²) in [6.07, 6.45) is 6.17. The normalized spacial score (nSPS) is 15.4. The second-order valence-electron chi connectivity index (χ2n) is 10.4. The number of carbonyl (C=O) groups excluding carboxylic acids is 2. The lowest BCUT2D eigenvalue weighted by molar-refractivity contribution is -0.107. The molecule has 0 aromatic heterocycles. The van der Waals surface area contributed by atoms with Gasteiger partial charge in [-0.25, -0.2) is 4.39 Å². The minimum Gasteiger partial charge on any atom is -0.362 e.